The molecule has 16 heavy (non-hydrogen) atoms. The lowest BCUT2D eigenvalue weighted by Crippen LogP contribution is -2.44. The van der Waals surface area contributed by atoms with Gasteiger partial charge in [0, 0.05) is 55.4 Å². The Bertz CT molecular complexity index is 370. The van der Waals surface area contributed by atoms with Crippen molar-refractivity contribution in [2.45, 2.75) is 20.4 Å². The minimum absolute atomic E-state index is 0.568. The molecule has 4 nitrogen and oxygen atoms in total. The molecule has 1 aliphatic heterocycles. The topological polar surface area (TPSA) is 54.2 Å². The molecule has 2 rings (SSSR count). The van der Waals surface area contributed by atoms with E-state index in [-0.39, 0.29) is 0 Å². The van der Waals surface area contributed by atoms with Gasteiger partial charge >= 0.3 is 0 Å². The fraction of sp³-hybridized carbons (Fsp3) is 0.583. The SMILES string of the molecule is Cc1cc(N2CCNCC2)c(CN)c(C)n1. The minimum Gasteiger partial charge on any atom is -0.369 e. The summed E-state index contributed by atoms with van der Waals surface area (Å²) < 4.78 is 0. The fourth-order valence-electron chi connectivity index (χ4n) is 2.27. The molecule has 88 valence electrons. The highest BCUT2D eigenvalue weighted by Crippen LogP contribution is 2.23. The van der Waals surface area contributed by atoms with Gasteiger partial charge in [-0.05, 0) is 19.9 Å². The molecule has 0 saturated carbocycles. The highest BCUT2D eigenvalue weighted by molar-refractivity contribution is 5.56. The average molecular weight is 220 g/mol. The predicted molar refractivity (Wildman–Crippen MR) is 66.7 cm³/mol. The Morgan fingerprint density at radius 1 is 1.38 bits per heavy atom. The largest absolute Gasteiger partial charge is 0.369 e. The van der Waals surface area contributed by atoms with Gasteiger partial charge in [-0.15, -0.1) is 0 Å². The van der Waals surface area contributed by atoms with E-state index in [1.165, 1.54) is 11.3 Å². The van der Waals surface area contributed by atoms with Crippen molar-refractivity contribution >= 4 is 5.69 Å². The van der Waals surface area contributed by atoms with Gasteiger partial charge in [0.25, 0.3) is 0 Å². The van der Waals surface area contributed by atoms with Gasteiger partial charge in [-0.25, -0.2) is 0 Å². The first-order valence-corrected chi connectivity index (χ1v) is 5.85. The van der Waals surface area contributed by atoms with Crippen LogP contribution in [0.1, 0.15) is 17.0 Å². The van der Waals surface area contributed by atoms with Crippen LogP contribution in [0.2, 0.25) is 0 Å². The molecule has 4 heteroatoms. The highest BCUT2D eigenvalue weighted by Gasteiger charge is 2.15. The van der Waals surface area contributed by atoms with Gasteiger partial charge in [-0.3, -0.25) is 4.98 Å². The Balaban J connectivity index is 2.36. The summed E-state index contributed by atoms with van der Waals surface area (Å²) in [7, 11) is 0. The van der Waals surface area contributed by atoms with Gasteiger partial charge in [0.05, 0.1) is 0 Å². The van der Waals surface area contributed by atoms with Crippen molar-refractivity contribution in [3.8, 4) is 0 Å². The zero-order valence-electron chi connectivity index (χ0n) is 10.1. The first kappa shape index (κ1) is 11.4. The molecule has 0 atom stereocenters. The number of nitrogens with zero attached hydrogens (tertiary/aromatic N) is 2. The maximum Gasteiger partial charge on any atom is 0.0449 e. The van der Waals surface area contributed by atoms with E-state index in [4.69, 9.17) is 5.73 Å². The summed E-state index contributed by atoms with van der Waals surface area (Å²) in [5.74, 6) is 0. The van der Waals surface area contributed by atoms with Crippen molar-refractivity contribution in [3.63, 3.8) is 0 Å². The molecule has 1 saturated heterocycles. The fourth-order valence-corrected chi connectivity index (χ4v) is 2.27. The lowest BCUT2D eigenvalue weighted by atomic mass is 10.1. The summed E-state index contributed by atoms with van der Waals surface area (Å²) in [6.07, 6.45) is 0. The van der Waals surface area contributed by atoms with Crippen LogP contribution in [-0.4, -0.2) is 31.2 Å². The molecule has 1 aliphatic rings. The maximum absolute atomic E-state index is 5.83. The standard InChI is InChI=1S/C12H20N4/c1-9-7-12(11(8-13)10(2)15-9)16-5-3-14-4-6-16/h7,14H,3-6,8,13H2,1-2H3. The molecular weight excluding hydrogens is 200 g/mol. The number of aryl methyl sites for hydroxylation is 2. The van der Waals surface area contributed by atoms with E-state index in [9.17, 15) is 0 Å². The molecule has 0 amide bonds. The van der Waals surface area contributed by atoms with E-state index in [0.29, 0.717) is 6.54 Å². The van der Waals surface area contributed by atoms with E-state index in [1.807, 2.05) is 13.8 Å². The maximum atomic E-state index is 5.83. The van der Waals surface area contributed by atoms with Gasteiger partial charge in [0.1, 0.15) is 0 Å². The summed E-state index contributed by atoms with van der Waals surface area (Å²) in [6, 6.07) is 2.15. The smallest absolute Gasteiger partial charge is 0.0449 e. The molecule has 0 bridgehead atoms. The highest BCUT2D eigenvalue weighted by atomic mass is 15.2. The molecule has 0 spiro atoms. The van der Waals surface area contributed by atoms with E-state index < -0.39 is 0 Å². The summed E-state index contributed by atoms with van der Waals surface area (Å²) in [5, 5.41) is 3.36. The van der Waals surface area contributed by atoms with Gasteiger partial charge in [-0.1, -0.05) is 0 Å². The molecule has 1 aromatic heterocycles. The van der Waals surface area contributed by atoms with E-state index in [1.54, 1.807) is 0 Å². The van der Waals surface area contributed by atoms with Crippen molar-refractivity contribution in [3.05, 3.63) is 23.0 Å². The number of nitrogens with one attached hydrogen (secondary N) is 1. The van der Waals surface area contributed by atoms with E-state index in [0.717, 1.165) is 37.6 Å². The monoisotopic (exact) mass is 220 g/mol. The molecule has 1 aromatic rings. The second-order valence-corrected chi connectivity index (χ2v) is 4.29. The molecule has 2 heterocycles. The van der Waals surface area contributed by atoms with Crippen LogP contribution in [0.5, 0.6) is 0 Å². The molecule has 1 fully saturated rings. The van der Waals surface area contributed by atoms with Gasteiger partial charge in [-0.2, -0.15) is 0 Å². The van der Waals surface area contributed by atoms with Crippen LogP contribution in [0, 0.1) is 13.8 Å². The number of piperazine rings is 1. The zero-order valence-corrected chi connectivity index (χ0v) is 10.1. The lowest BCUT2D eigenvalue weighted by Gasteiger charge is -2.31. The normalized spacial score (nSPS) is 16.6. The second-order valence-electron chi connectivity index (χ2n) is 4.29. The van der Waals surface area contributed by atoms with Crippen LogP contribution < -0.4 is 16.0 Å². The quantitative estimate of drug-likeness (QED) is 0.765. The van der Waals surface area contributed by atoms with Crippen molar-refractivity contribution in [1.29, 1.82) is 0 Å². The number of anilines is 1. The Morgan fingerprint density at radius 3 is 2.69 bits per heavy atom. The Morgan fingerprint density at radius 2 is 2.06 bits per heavy atom. The van der Waals surface area contributed by atoms with E-state index >= 15 is 0 Å². The van der Waals surface area contributed by atoms with Crippen LogP contribution in [0.15, 0.2) is 6.07 Å². The molecule has 3 N–H and O–H groups in total. The Labute approximate surface area is 96.8 Å². The number of rotatable bonds is 2. The summed E-state index contributed by atoms with van der Waals surface area (Å²) in [6.45, 7) is 8.85. The number of nitrogens with two attached hydrogens (primary N) is 1. The number of pyridine rings is 1. The summed E-state index contributed by atoms with van der Waals surface area (Å²) in [4.78, 5) is 6.88. The lowest BCUT2D eigenvalue weighted by molar-refractivity contribution is 0.587. The number of hydrogen-bond donors (Lipinski definition) is 2. The summed E-state index contributed by atoms with van der Waals surface area (Å²) >= 11 is 0. The van der Waals surface area contributed by atoms with Gasteiger partial charge in [0.15, 0.2) is 0 Å². The average Bonchev–Trinajstić information content (AvgIpc) is 2.29. The van der Waals surface area contributed by atoms with Crippen LogP contribution in [-0.2, 0) is 6.54 Å². The molecule has 0 aromatic carbocycles. The van der Waals surface area contributed by atoms with Crippen LogP contribution >= 0.6 is 0 Å². The third-order valence-electron chi connectivity index (χ3n) is 3.10. The summed E-state index contributed by atoms with van der Waals surface area (Å²) in [5.41, 5.74) is 10.4. The van der Waals surface area contributed by atoms with E-state index in [2.05, 4.69) is 21.3 Å². The molecular formula is C12H20N4. The third-order valence-corrected chi connectivity index (χ3v) is 3.10. The van der Waals surface area contributed by atoms with Gasteiger partial charge in [0.2, 0.25) is 0 Å². The van der Waals surface area contributed by atoms with Crippen molar-refractivity contribution in [1.82, 2.24) is 10.3 Å². The molecule has 0 unspecified atom stereocenters. The molecule has 0 radical (unpaired) electrons. The van der Waals surface area contributed by atoms with Crippen molar-refractivity contribution in [2.24, 2.45) is 5.73 Å². The second kappa shape index (κ2) is 4.80. The van der Waals surface area contributed by atoms with Crippen LogP contribution in [0.25, 0.3) is 0 Å². The number of hydrogen-bond acceptors (Lipinski definition) is 4. The Hall–Kier alpha value is -1.13. The molecule has 0 aliphatic carbocycles. The van der Waals surface area contributed by atoms with Crippen molar-refractivity contribution in [2.75, 3.05) is 31.1 Å². The third kappa shape index (κ3) is 2.18. The van der Waals surface area contributed by atoms with Crippen molar-refractivity contribution < 1.29 is 0 Å². The first-order valence-electron chi connectivity index (χ1n) is 5.85. The zero-order chi connectivity index (χ0) is 11.5. The first-order chi connectivity index (χ1) is 7.72. The number of aromatic nitrogens is 1. The minimum atomic E-state index is 0.568. The van der Waals surface area contributed by atoms with Crippen LogP contribution in [0.3, 0.4) is 0 Å². The predicted octanol–water partition coefficient (Wildman–Crippen LogP) is 0.567. The Kier molecular flexibility index (Phi) is 3.41. The van der Waals surface area contributed by atoms with Crippen LogP contribution in [0.4, 0.5) is 5.69 Å². The van der Waals surface area contributed by atoms with Gasteiger partial charge < -0.3 is 16.0 Å².